The van der Waals surface area contributed by atoms with Crippen molar-refractivity contribution < 1.29 is 138 Å². The number of hydrogen-bond acceptors (Lipinski definition) is 35. The van der Waals surface area contributed by atoms with Gasteiger partial charge in [-0.2, -0.15) is 88.4 Å². The highest BCUT2D eigenvalue weighted by Crippen LogP contribution is 2.39. The summed E-state index contributed by atoms with van der Waals surface area (Å²) in [5.41, 5.74) is 0. The van der Waals surface area contributed by atoms with Crippen LogP contribution >= 0.6 is 88.4 Å². The van der Waals surface area contributed by atoms with E-state index < -0.39 is 215 Å². The van der Waals surface area contributed by atoms with Gasteiger partial charge in [0, 0.05) is 40.3 Å². The van der Waals surface area contributed by atoms with Crippen molar-refractivity contribution in [3.05, 3.63) is 0 Å². The molecule has 35 heteroatoms. The fraction of sp³-hybridized carbons (Fsp3) is 1.00. The summed E-state index contributed by atoms with van der Waals surface area (Å²) in [5.74, 6) is -1.68. The van der Waals surface area contributed by atoms with Crippen LogP contribution in [0.3, 0.4) is 0 Å². The van der Waals surface area contributed by atoms with Gasteiger partial charge < -0.3 is 138 Å². The summed E-state index contributed by atoms with van der Waals surface area (Å²) in [6.45, 7) is 0. The predicted octanol–water partition coefficient (Wildman–Crippen LogP) is -8.67. The number of rotatable bonds is 7. The largest absolute Gasteiger partial charge is 0.387 e. The van der Waals surface area contributed by atoms with Gasteiger partial charge in [0.1, 0.15) is 128 Å². The summed E-state index contributed by atoms with van der Waals surface area (Å²) in [5, 5.41) is 160. The van der Waals surface area contributed by atoms with Crippen molar-refractivity contribution in [1.82, 2.24) is 0 Å². The Morgan fingerprint density at radius 3 is 0.364 bits per heavy atom. The molecule has 21 saturated heterocycles. The molecule has 0 unspecified atom stereocenters. The summed E-state index contributed by atoms with van der Waals surface area (Å²) in [7, 11) is 0. The molecule has 21 aliphatic rings. The van der Waals surface area contributed by atoms with Crippen LogP contribution in [0.1, 0.15) is 0 Å². The van der Waals surface area contributed by atoms with Crippen molar-refractivity contribution in [3.8, 4) is 0 Å². The average Bonchev–Trinajstić information content (AvgIpc) is 3.45. The Hall–Kier alpha value is 1.33. The molecular weight excluding hydrogens is 1180 g/mol. The quantitative estimate of drug-likeness (QED) is 0.105. The van der Waals surface area contributed by atoms with Gasteiger partial charge in [0.2, 0.25) is 0 Å². The molecule has 28 nitrogen and oxygen atoms in total. The van der Waals surface area contributed by atoms with Crippen molar-refractivity contribution in [1.29, 1.82) is 0 Å². The zero-order valence-electron chi connectivity index (χ0n) is 40.3. The Balaban J connectivity index is 1.08. The maximum Gasteiger partial charge on any atom is 0.187 e. The van der Waals surface area contributed by atoms with Gasteiger partial charge in [-0.1, -0.05) is 0 Å². The molecule has 0 aromatic carbocycles. The smallest absolute Gasteiger partial charge is 0.187 e. The van der Waals surface area contributed by atoms with Crippen LogP contribution in [0.15, 0.2) is 0 Å². The molecule has 14 bridgehead atoms. The van der Waals surface area contributed by atoms with Crippen LogP contribution in [-0.2, 0) is 66.3 Å². The molecule has 0 aromatic heterocycles. The number of thiol groups is 7. The average molecular weight is 1250 g/mol. The number of aliphatic hydroxyl groups excluding tert-OH is 14. The third kappa shape index (κ3) is 13.1. The van der Waals surface area contributed by atoms with Crippen LogP contribution in [0.4, 0.5) is 0 Å². The van der Waals surface area contributed by atoms with Crippen molar-refractivity contribution in [2.45, 2.75) is 215 Å². The lowest BCUT2D eigenvalue weighted by Crippen LogP contribution is -2.68. The minimum Gasteiger partial charge on any atom is -0.387 e. The Morgan fingerprint density at radius 1 is 0.169 bits per heavy atom. The van der Waals surface area contributed by atoms with Gasteiger partial charge in [-0.25, -0.2) is 0 Å². The Kier molecular flexibility index (Phi) is 23.2. The molecule has 448 valence electrons. The van der Waals surface area contributed by atoms with Crippen molar-refractivity contribution in [3.63, 3.8) is 0 Å². The summed E-state index contributed by atoms with van der Waals surface area (Å²) in [6.07, 6.45) is -59.8. The molecule has 21 aliphatic heterocycles. The van der Waals surface area contributed by atoms with Crippen LogP contribution in [0, 0.1) is 0 Å². The summed E-state index contributed by atoms with van der Waals surface area (Å²) in [6, 6.07) is 0. The molecular formula is C42H70O28S7. The van der Waals surface area contributed by atoms with E-state index in [0.717, 1.165) is 0 Å². The zero-order valence-corrected chi connectivity index (χ0v) is 46.5. The Bertz CT molecular complexity index is 1490. The first-order valence-corrected chi connectivity index (χ1v) is 29.0. The van der Waals surface area contributed by atoms with Gasteiger partial charge in [0.25, 0.3) is 0 Å². The Morgan fingerprint density at radius 2 is 0.273 bits per heavy atom. The third-order valence-electron chi connectivity index (χ3n) is 14.8. The highest BCUT2D eigenvalue weighted by atomic mass is 32.1. The van der Waals surface area contributed by atoms with E-state index in [4.69, 9.17) is 66.3 Å². The van der Waals surface area contributed by atoms with Crippen LogP contribution in [-0.4, -0.2) is 327 Å². The molecule has 0 aromatic rings. The molecule has 0 saturated carbocycles. The minimum atomic E-state index is -1.99. The second-order valence-electron chi connectivity index (χ2n) is 19.7. The van der Waals surface area contributed by atoms with E-state index in [-0.39, 0.29) is 40.3 Å². The lowest BCUT2D eigenvalue weighted by molar-refractivity contribution is -0.389. The SMILES string of the molecule is O[C@@H]1[C@@H](O)[C@@H]2O[C@H]3[C@H](O)[C@@H](O)[C@H](O[C@H]4[C@H](O)[C@@H](O)[C@H](O[C@H]5[C@H](O)[C@@H](O)[C@H](O[C@H]6[C@H](O)[C@@H](O)[C@H](O[C@H]7[C@H](O)[C@@H](O)[C@H](O[C@H]8[C@H](O)[C@@H](O)[C@H](O[C@@H]1[C@@H](CS)O2)O[C@@H]8CS)O[C@@H]7CS)O[C@@H]6CS)O[C@@H]5CS)O[C@@H]4CS)O[C@@H]3CS. The van der Waals surface area contributed by atoms with E-state index in [1.54, 1.807) is 0 Å². The topological polar surface area (TPSA) is 412 Å². The van der Waals surface area contributed by atoms with Gasteiger partial charge >= 0.3 is 0 Å². The minimum absolute atomic E-state index is 0.240. The summed E-state index contributed by atoms with van der Waals surface area (Å²) in [4.78, 5) is 0. The van der Waals surface area contributed by atoms with E-state index in [1.165, 1.54) is 0 Å². The second kappa shape index (κ2) is 27.8. The molecule has 14 N–H and O–H groups in total. The normalized spacial score (nSPS) is 55.4. The van der Waals surface area contributed by atoms with E-state index in [1.807, 2.05) is 0 Å². The highest BCUT2D eigenvalue weighted by molar-refractivity contribution is 7.81. The van der Waals surface area contributed by atoms with Crippen molar-refractivity contribution in [2.24, 2.45) is 0 Å². The maximum absolute atomic E-state index is 11.5. The Labute approximate surface area is 478 Å². The summed E-state index contributed by atoms with van der Waals surface area (Å²) >= 11 is 30.2. The molecule has 77 heavy (non-hydrogen) atoms. The van der Waals surface area contributed by atoms with E-state index in [9.17, 15) is 71.5 Å². The molecule has 0 radical (unpaired) electrons. The lowest BCUT2D eigenvalue weighted by atomic mass is 9.95. The first-order valence-electron chi connectivity index (χ1n) is 24.6. The molecule has 21 heterocycles. The molecule has 0 aliphatic carbocycles. The van der Waals surface area contributed by atoms with Crippen LogP contribution < -0.4 is 0 Å². The molecule has 21 rings (SSSR count). The van der Waals surface area contributed by atoms with Crippen LogP contribution in [0.25, 0.3) is 0 Å². The lowest BCUT2D eigenvalue weighted by Gasteiger charge is -2.50. The first-order chi connectivity index (χ1) is 36.7. The van der Waals surface area contributed by atoms with Crippen molar-refractivity contribution >= 4 is 88.4 Å². The second-order valence-corrected chi connectivity index (χ2v) is 22.2. The third-order valence-corrected chi connectivity index (χ3v) is 17.3. The van der Waals surface area contributed by atoms with Gasteiger partial charge in [0.05, 0.1) is 42.7 Å². The predicted molar refractivity (Wildman–Crippen MR) is 276 cm³/mol. The van der Waals surface area contributed by atoms with Gasteiger partial charge in [-0.05, 0) is 0 Å². The first kappa shape index (κ1) is 64.3. The fourth-order valence-corrected chi connectivity index (χ4v) is 12.5. The molecule has 35 atom stereocenters. The monoisotopic (exact) mass is 1250 g/mol. The van der Waals surface area contributed by atoms with E-state index in [0.29, 0.717) is 0 Å². The number of hydrogen-bond donors (Lipinski definition) is 21. The van der Waals surface area contributed by atoms with Crippen LogP contribution in [0.2, 0.25) is 0 Å². The summed E-state index contributed by atoms with van der Waals surface area (Å²) < 4.78 is 83.5. The van der Waals surface area contributed by atoms with Gasteiger partial charge in [-0.3, -0.25) is 0 Å². The molecule has 21 fully saturated rings. The number of aliphatic hydroxyl groups is 14. The van der Waals surface area contributed by atoms with E-state index in [2.05, 4.69) is 88.4 Å². The highest BCUT2D eigenvalue weighted by Gasteiger charge is 2.59. The van der Waals surface area contributed by atoms with Crippen LogP contribution in [0.5, 0.6) is 0 Å². The standard InChI is InChI=1S/C42H70O28S7/c43-15-22(50)36-57-8(1-71)29(15)64-37-23(51)16(44)31(10(3-73)58-37)66-39-25(53)18(46)33(12(5-75)60-39)68-41-27(55)20(48)35(14(7-77)62-41)70-42-28(56)21(49)34(13(6-76)63-42)69-40-26(54)19(47)32(11(4-74)61-40)67-38-24(52)17(45)30(65-36)9(2-72)59-38/h8-56,71-77H,1-7H2/t8-,9-,10-,11-,12-,13-,14-,15-,16-,17-,18-,19-,20-,21-,22-,23-,24-,25-,26-,27-,28-,29-,30-,31-,32-,33-,34-,35-,36+,37+,38+,39+,40+,41+,42+/m1/s1. The van der Waals surface area contributed by atoms with Gasteiger partial charge in [-0.15, -0.1) is 0 Å². The zero-order chi connectivity index (χ0) is 56.1. The van der Waals surface area contributed by atoms with Crippen molar-refractivity contribution in [2.75, 3.05) is 40.3 Å². The molecule has 0 amide bonds. The van der Waals surface area contributed by atoms with E-state index >= 15 is 0 Å². The maximum atomic E-state index is 11.5. The number of ether oxygens (including phenoxy) is 14. The fourth-order valence-electron chi connectivity index (χ4n) is 10.4. The van der Waals surface area contributed by atoms with Gasteiger partial charge in [0.15, 0.2) is 44.0 Å². The molecule has 0 spiro atoms.